The standard InChI is InChI=1S/C20H21FN2O5/c1-20(2,28-15-11-9-14(21)10-12-15)18(25)27-16(13-7-5-4-6-8-13)17(24)23-19(26)22-3/h4-12,16H,1-3H3,(H2,22,23,24,26)/t16-/m1/s1. The Kier molecular flexibility index (Phi) is 6.70. The van der Waals surface area contributed by atoms with Crippen LogP contribution in [0.15, 0.2) is 54.6 Å². The van der Waals surface area contributed by atoms with Gasteiger partial charge in [0.05, 0.1) is 0 Å². The molecule has 0 heterocycles. The van der Waals surface area contributed by atoms with Crippen LogP contribution >= 0.6 is 0 Å². The number of hydrogen-bond donors (Lipinski definition) is 2. The molecule has 2 aromatic rings. The van der Waals surface area contributed by atoms with Crippen molar-refractivity contribution in [2.24, 2.45) is 0 Å². The summed E-state index contributed by atoms with van der Waals surface area (Å²) in [5.41, 5.74) is -1.09. The van der Waals surface area contributed by atoms with Crippen molar-refractivity contribution in [3.63, 3.8) is 0 Å². The molecule has 3 amide bonds. The van der Waals surface area contributed by atoms with Crippen molar-refractivity contribution in [2.45, 2.75) is 25.6 Å². The molecule has 2 N–H and O–H groups in total. The maximum absolute atomic E-state index is 13.0. The van der Waals surface area contributed by atoms with Gasteiger partial charge in [-0.2, -0.15) is 0 Å². The van der Waals surface area contributed by atoms with Crippen LogP contribution in [0.25, 0.3) is 0 Å². The zero-order valence-corrected chi connectivity index (χ0v) is 15.7. The minimum atomic E-state index is -1.47. The highest BCUT2D eigenvalue weighted by atomic mass is 19.1. The maximum atomic E-state index is 13.0. The number of imide groups is 1. The molecule has 0 saturated heterocycles. The number of ether oxygens (including phenoxy) is 2. The Bertz CT molecular complexity index is 837. The van der Waals surface area contributed by atoms with E-state index in [4.69, 9.17) is 9.47 Å². The number of rotatable bonds is 6. The molecular formula is C20H21FN2O5. The van der Waals surface area contributed by atoms with E-state index in [0.29, 0.717) is 5.56 Å². The molecule has 0 aromatic heterocycles. The summed E-state index contributed by atoms with van der Waals surface area (Å²) < 4.78 is 24.0. The SMILES string of the molecule is CNC(=O)NC(=O)[C@H](OC(=O)C(C)(C)Oc1ccc(F)cc1)c1ccccc1. The van der Waals surface area contributed by atoms with Crippen LogP contribution in [-0.2, 0) is 14.3 Å². The second-order valence-corrected chi connectivity index (χ2v) is 6.33. The van der Waals surface area contributed by atoms with Gasteiger partial charge in [0.25, 0.3) is 5.91 Å². The predicted molar refractivity (Wildman–Crippen MR) is 99.0 cm³/mol. The number of halogens is 1. The Labute approximate surface area is 161 Å². The van der Waals surface area contributed by atoms with Gasteiger partial charge in [-0.25, -0.2) is 14.0 Å². The van der Waals surface area contributed by atoms with E-state index in [1.807, 2.05) is 0 Å². The van der Waals surface area contributed by atoms with Gasteiger partial charge in [-0.05, 0) is 38.1 Å². The quantitative estimate of drug-likeness (QED) is 0.742. The summed E-state index contributed by atoms with van der Waals surface area (Å²) in [7, 11) is 1.35. The second-order valence-electron chi connectivity index (χ2n) is 6.33. The minimum absolute atomic E-state index is 0.259. The first kappa shape index (κ1) is 20.9. The Morgan fingerprint density at radius 1 is 1.00 bits per heavy atom. The fourth-order valence-electron chi connectivity index (χ4n) is 2.23. The molecule has 0 aliphatic heterocycles. The molecule has 0 radical (unpaired) electrons. The zero-order valence-electron chi connectivity index (χ0n) is 15.7. The molecule has 28 heavy (non-hydrogen) atoms. The van der Waals surface area contributed by atoms with Gasteiger partial charge < -0.3 is 14.8 Å². The smallest absolute Gasteiger partial charge is 0.351 e. The molecule has 0 saturated carbocycles. The van der Waals surface area contributed by atoms with Gasteiger partial charge in [0.15, 0.2) is 5.60 Å². The normalized spacial score (nSPS) is 11.9. The van der Waals surface area contributed by atoms with Gasteiger partial charge in [-0.3, -0.25) is 10.1 Å². The molecule has 8 heteroatoms. The van der Waals surface area contributed by atoms with Gasteiger partial charge >= 0.3 is 12.0 Å². The first-order chi connectivity index (χ1) is 13.2. The van der Waals surface area contributed by atoms with E-state index >= 15 is 0 Å². The molecule has 148 valence electrons. The van der Waals surface area contributed by atoms with E-state index in [2.05, 4.69) is 10.6 Å². The van der Waals surface area contributed by atoms with Crippen molar-refractivity contribution in [3.05, 3.63) is 66.0 Å². The first-order valence-electron chi connectivity index (χ1n) is 8.46. The van der Waals surface area contributed by atoms with Crippen LogP contribution in [0.4, 0.5) is 9.18 Å². The number of nitrogens with one attached hydrogen (secondary N) is 2. The van der Waals surface area contributed by atoms with E-state index in [-0.39, 0.29) is 5.75 Å². The van der Waals surface area contributed by atoms with Crippen LogP contribution in [0.1, 0.15) is 25.5 Å². The van der Waals surface area contributed by atoms with Gasteiger partial charge in [0.2, 0.25) is 6.10 Å². The Balaban J connectivity index is 2.19. The Morgan fingerprint density at radius 2 is 1.61 bits per heavy atom. The van der Waals surface area contributed by atoms with Crippen LogP contribution < -0.4 is 15.4 Å². The Hall–Kier alpha value is -3.42. The summed E-state index contributed by atoms with van der Waals surface area (Å²) in [6.07, 6.45) is -1.36. The highest BCUT2D eigenvalue weighted by Crippen LogP contribution is 2.24. The van der Waals surface area contributed by atoms with E-state index in [1.54, 1.807) is 30.3 Å². The summed E-state index contributed by atoms with van der Waals surface area (Å²) in [5, 5.41) is 4.35. The summed E-state index contributed by atoms with van der Waals surface area (Å²) >= 11 is 0. The topological polar surface area (TPSA) is 93.7 Å². The molecule has 2 rings (SSSR count). The number of carbonyl (C=O) groups is 3. The molecule has 2 aromatic carbocycles. The van der Waals surface area contributed by atoms with E-state index < -0.39 is 35.4 Å². The third kappa shape index (κ3) is 5.54. The Morgan fingerprint density at radius 3 is 2.18 bits per heavy atom. The van der Waals surface area contributed by atoms with Crippen molar-refractivity contribution in [3.8, 4) is 5.75 Å². The number of amides is 3. The fourth-order valence-corrected chi connectivity index (χ4v) is 2.23. The van der Waals surface area contributed by atoms with Crippen molar-refractivity contribution in [2.75, 3.05) is 7.05 Å². The van der Waals surface area contributed by atoms with Gasteiger partial charge in [-0.15, -0.1) is 0 Å². The monoisotopic (exact) mass is 388 g/mol. The molecular weight excluding hydrogens is 367 g/mol. The molecule has 0 fully saturated rings. The van der Waals surface area contributed by atoms with Crippen molar-refractivity contribution in [1.29, 1.82) is 0 Å². The van der Waals surface area contributed by atoms with Gasteiger partial charge in [0.1, 0.15) is 11.6 Å². The molecule has 7 nitrogen and oxygen atoms in total. The van der Waals surface area contributed by atoms with Crippen molar-refractivity contribution >= 4 is 17.9 Å². The largest absolute Gasteiger partial charge is 0.476 e. The maximum Gasteiger partial charge on any atom is 0.351 e. The van der Waals surface area contributed by atoms with Crippen molar-refractivity contribution in [1.82, 2.24) is 10.6 Å². The highest BCUT2D eigenvalue weighted by molar-refractivity contribution is 5.98. The van der Waals surface area contributed by atoms with Crippen LogP contribution in [0.2, 0.25) is 0 Å². The molecule has 0 aliphatic carbocycles. The van der Waals surface area contributed by atoms with Crippen LogP contribution in [0.5, 0.6) is 5.75 Å². The number of carbonyl (C=O) groups excluding carboxylic acids is 3. The lowest BCUT2D eigenvalue weighted by Gasteiger charge is -2.27. The lowest BCUT2D eigenvalue weighted by Crippen LogP contribution is -2.45. The summed E-state index contributed by atoms with van der Waals surface area (Å²) in [6, 6.07) is 12.7. The van der Waals surface area contributed by atoms with Crippen LogP contribution in [0.3, 0.4) is 0 Å². The molecule has 0 unspecified atom stereocenters. The van der Waals surface area contributed by atoms with Crippen molar-refractivity contribution < 1.29 is 28.2 Å². The molecule has 0 spiro atoms. The van der Waals surface area contributed by atoms with E-state index in [1.165, 1.54) is 45.2 Å². The third-order valence-electron chi connectivity index (χ3n) is 3.71. The second kappa shape index (κ2) is 8.98. The van der Waals surface area contributed by atoms with Gasteiger partial charge in [0, 0.05) is 12.6 Å². The number of hydrogen-bond acceptors (Lipinski definition) is 5. The van der Waals surface area contributed by atoms with Gasteiger partial charge in [-0.1, -0.05) is 30.3 Å². The van der Waals surface area contributed by atoms with Crippen LogP contribution in [0, 0.1) is 5.82 Å². The summed E-state index contributed by atoms with van der Waals surface area (Å²) in [5.74, 6) is -1.83. The first-order valence-corrected chi connectivity index (χ1v) is 8.46. The minimum Gasteiger partial charge on any atom is -0.476 e. The average molecular weight is 388 g/mol. The van der Waals surface area contributed by atoms with E-state index in [0.717, 1.165) is 0 Å². The lowest BCUT2D eigenvalue weighted by atomic mass is 10.1. The molecule has 0 aliphatic rings. The molecule has 0 bridgehead atoms. The number of benzene rings is 2. The predicted octanol–water partition coefficient (Wildman–Crippen LogP) is 2.72. The molecule has 1 atom stereocenters. The number of esters is 1. The summed E-state index contributed by atoms with van der Waals surface area (Å²) in [4.78, 5) is 36.6. The number of urea groups is 1. The average Bonchev–Trinajstić information content (AvgIpc) is 2.67. The van der Waals surface area contributed by atoms with Crippen LogP contribution in [-0.4, -0.2) is 30.6 Å². The lowest BCUT2D eigenvalue weighted by molar-refractivity contribution is -0.169. The highest BCUT2D eigenvalue weighted by Gasteiger charge is 2.36. The fraction of sp³-hybridized carbons (Fsp3) is 0.250. The third-order valence-corrected chi connectivity index (χ3v) is 3.71. The summed E-state index contributed by atoms with van der Waals surface area (Å²) in [6.45, 7) is 2.91. The van der Waals surface area contributed by atoms with E-state index in [9.17, 15) is 18.8 Å². The zero-order chi connectivity index (χ0) is 20.7.